The second-order valence-electron chi connectivity index (χ2n) is 8.56. The van der Waals surface area contributed by atoms with Gasteiger partial charge in [-0.3, -0.25) is 4.99 Å². The largest absolute Gasteiger partial charge is 0.444 e. The average Bonchev–Trinajstić information content (AvgIpc) is 2.67. The second kappa shape index (κ2) is 15.1. The van der Waals surface area contributed by atoms with Gasteiger partial charge in [0.05, 0.1) is 12.1 Å². The Morgan fingerprint density at radius 3 is 2.40 bits per heavy atom. The van der Waals surface area contributed by atoms with Crippen molar-refractivity contribution in [2.45, 2.75) is 84.0 Å². The molecular formula is C21H43IN4O4. The van der Waals surface area contributed by atoms with Gasteiger partial charge >= 0.3 is 6.09 Å². The molecule has 1 fully saturated rings. The van der Waals surface area contributed by atoms with Crippen LogP contribution in [-0.4, -0.2) is 69.3 Å². The third-order valence-corrected chi connectivity index (χ3v) is 4.85. The van der Waals surface area contributed by atoms with Crippen LogP contribution < -0.4 is 16.0 Å². The molecule has 9 heteroatoms. The molecule has 1 unspecified atom stereocenters. The molecule has 0 radical (unpaired) electrons. The third-order valence-electron chi connectivity index (χ3n) is 4.85. The number of alkyl carbamates (subject to hydrolysis) is 1. The zero-order valence-corrected chi connectivity index (χ0v) is 22.0. The lowest BCUT2D eigenvalue weighted by atomic mass is 9.94. The van der Waals surface area contributed by atoms with Gasteiger partial charge in [0.15, 0.2) is 5.96 Å². The predicted octanol–water partition coefficient (Wildman–Crippen LogP) is 3.44. The van der Waals surface area contributed by atoms with E-state index in [1.54, 1.807) is 7.11 Å². The number of hydrogen-bond acceptors (Lipinski definition) is 5. The van der Waals surface area contributed by atoms with Gasteiger partial charge in [-0.25, -0.2) is 4.79 Å². The lowest BCUT2D eigenvalue weighted by molar-refractivity contribution is -0.0828. The minimum Gasteiger partial charge on any atom is -0.444 e. The molecule has 8 nitrogen and oxygen atoms in total. The molecule has 1 heterocycles. The Hall–Kier alpha value is -0.810. The summed E-state index contributed by atoms with van der Waals surface area (Å²) < 4.78 is 16.6. The quantitative estimate of drug-likeness (QED) is 0.223. The van der Waals surface area contributed by atoms with Gasteiger partial charge in [-0.1, -0.05) is 19.8 Å². The smallest absolute Gasteiger partial charge is 0.407 e. The Labute approximate surface area is 199 Å². The molecule has 1 amide bonds. The van der Waals surface area contributed by atoms with Crippen molar-refractivity contribution < 1.29 is 19.0 Å². The van der Waals surface area contributed by atoms with Gasteiger partial charge in [-0.2, -0.15) is 0 Å². The van der Waals surface area contributed by atoms with Gasteiger partial charge in [0.25, 0.3) is 0 Å². The number of halogens is 1. The van der Waals surface area contributed by atoms with E-state index in [0.717, 1.165) is 44.6 Å². The first-order chi connectivity index (χ1) is 13.7. The number of nitrogens with zero attached hydrogens (tertiary/aromatic N) is 1. The van der Waals surface area contributed by atoms with Crippen molar-refractivity contribution in [3.8, 4) is 0 Å². The van der Waals surface area contributed by atoms with Crippen LogP contribution in [0.2, 0.25) is 0 Å². The molecule has 0 aromatic rings. The van der Waals surface area contributed by atoms with E-state index in [0.29, 0.717) is 26.3 Å². The molecule has 3 N–H and O–H groups in total. The van der Waals surface area contributed by atoms with Gasteiger partial charge in [0.2, 0.25) is 0 Å². The molecule has 0 spiro atoms. The fourth-order valence-corrected chi connectivity index (χ4v) is 3.10. The van der Waals surface area contributed by atoms with Gasteiger partial charge < -0.3 is 30.2 Å². The average molecular weight is 543 g/mol. The number of unbranched alkanes of at least 4 members (excludes halogenated alkanes) is 1. The number of hydrogen-bond donors (Lipinski definition) is 3. The fraction of sp³-hybridized carbons (Fsp3) is 0.905. The molecule has 0 bridgehead atoms. The monoisotopic (exact) mass is 542 g/mol. The predicted molar refractivity (Wildman–Crippen MR) is 132 cm³/mol. The second-order valence-corrected chi connectivity index (χ2v) is 8.56. The van der Waals surface area contributed by atoms with Crippen LogP contribution in [0.3, 0.4) is 0 Å². The summed E-state index contributed by atoms with van der Waals surface area (Å²) in [6.07, 6.45) is 4.36. The number of rotatable bonds is 10. The van der Waals surface area contributed by atoms with Crippen LogP contribution in [0.1, 0.15) is 66.7 Å². The normalized spacial score (nSPS) is 17.5. The van der Waals surface area contributed by atoms with Crippen LogP contribution in [-0.2, 0) is 14.2 Å². The highest BCUT2D eigenvalue weighted by Gasteiger charge is 2.32. The molecular weight excluding hydrogens is 499 g/mol. The summed E-state index contributed by atoms with van der Waals surface area (Å²) in [4.78, 5) is 16.8. The van der Waals surface area contributed by atoms with Crippen LogP contribution in [0.25, 0.3) is 0 Å². The van der Waals surface area contributed by atoms with Crippen molar-refractivity contribution in [1.29, 1.82) is 0 Å². The number of amides is 1. The summed E-state index contributed by atoms with van der Waals surface area (Å²) in [6.45, 7) is 13.0. The van der Waals surface area contributed by atoms with Crippen LogP contribution in [0, 0.1) is 0 Å². The van der Waals surface area contributed by atoms with E-state index >= 15 is 0 Å². The van der Waals surface area contributed by atoms with E-state index in [-0.39, 0.29) is 35.6 Å². The number of guanidine groups is 1. The maximum atomic E-state index is 12.0. The van der Waals surface area contributed by atoms with E-state index in [1.165, 1.54) is 0 Å². The summed E-state index contributed by atoms with van der Waals surface area (Å²) in [5.41, 5.74) is -0.778. The van der Waals surface area contributed by atoms with E-state index in [4.69, 9.17) is 19.2 Å². The molecule has 178 valence electrons. The minimum atomic E-state index is -0.509. The van der Waals surface area contributed by atoms with Crippen molar-refractivity contribution in [2.75, 3.05) is 40.0 Å². The molecule has 0 aromatic carbocycles. The first-order valence-electron chi connectivity index (χ1n) is 10.9. The van der Waals surface area contributed by atoms with Gasteiger partial charge in [0, 0.05) is 52.3 Å². The Morgan fingerprint density at radius 2 is 1.87 bits per heavy atom. The number of carbonyl (C=O) groups excluding carboxylic acids is 1. The maximum absolute atomic E-state index is 12.0. The van der Waals surface area contributed by atoms with Crippen molar-refractivity contribution in [3.63, 3.8) is 0 Å². The molecule has 1 aliphatic rings. The summed E-state index contributed by atoms with van der Waals surface area (Å²) in [6, 6.07) is 0.0634. The standard InChI is InChI=1S/C21H42N4O4.HI/c1-7-9-10-17(15-23-19(26)29-20(3,4)5)25-18(22-8-2)24-16-21(27-6)11-13-28-14-12-21;/h17H,7-16H2,1-6H3,(H,23,26)(H2,22,24,25);1H. The van der Waals surface area contributed by atoms with Crippen LogP contribution >= 0.6 is 24.0 Å². The summed E-state index contributed by atoms with van der Waals surface area (Å²) >= 11 is 0. The topological polar surface area (TPSA) is 93.2 Å². The Morgan fingerprint density at radius 1 is 1.20 bits per heavy atom. The van der Waals surface area contributed by atoms with Crippen LogP contribution in [0.4, 0.5) is 4.79 Å². The van der Waals surface area contributed by atoms with Crippen molar-refractivity contribution in [3.05, 3.63) is 0 Å². The SMILES string of the molecule is CCCCC(CNC(=O)OC(C)(C)C)NC(=NCC1(OC)CCOCC1)NCC.I. The highest BCUT2D eigenvalue weighted by Crippen LogP contribution is 2.24. The van der Waals surface area contributed by atoms with E-state index in [9.17, 15) is 4.79 Å². The minimum absolute atomic E-state index is 0. The molecule has 1 rings (SSSR count). The molecule has 0 aromatic heterocycles. The van der Waals surface area contributed by atoms with Crippen LogP contribution in [0.15, 0.2) is 4.99 Å². The van der Waals surface area contributed by atoms with Gasteiger partial charge in [-0.05, 0) is 34.1 Å². The third kappa shape index (κ3) is 12.1. The zero-order chi connectivity index (χ0) is 21.8. The molecule has 0 saturated carbocycles. The molecule has 1 saturated heterocycles. The number of aliphatic imine (C=N–C) groups is 1. The zero-order valence-electron chi connectivity index (χ0n) is 19.6. The summed E-state index contributed by atoms with van der Waals surface area (Å²) in [5, 5.41) is 9.65. The Bertz CT molecular complexity index is 506. The lowest BCUT2D eigenvalue weighted by Gasteiger charge is -2.34. The van der Waals surface area contributed by atoms with Gasteiger partial charge in [0.1, 0.15) is 5.60 Å². The Kier molecular flexibility index (Phi) is 14.7. The van der Waals surface area contributed by atoms with E-state index in [1.807, 2.05) is 27.7 Å². The molecule has 30 heavy (non-hydrogen) atoms. The van der Waals surface area contributed by atoms with E-state index in [2.05, 4.69) is 22.9 Å². The first kappa shape index (κ1) is 29.2. The number of nitrogens with one attached hydrogen (secondary N) is 3. The van der Waals surface area contributed by atoms with Crippen molar-refractivity contribution in [2.24, 2.45) is 4.99 Å². The van der Waals surface area contributed by atoms with Crippen LogP contribution in [0.5, 0.6) is 0 Å². The van der Waals surface area contributed by atoms with Gasteiger partial charge in [-0.15, -0.1) is 24.0 Å². The number of methoxy groups -OCH3 is 1. The van der Waals surface area contributed by atoms with Crippen molar-refractivity contribution >= 4 is 36.0 Å². The maximum Gasteiger partial charge on any atom is 0.407 e. The highest BCUT2D eigenvalue weighted by molar-refractivity contribution is 14.0. The summed E-state index contributed by atoms with van der Waals surface area (Å²) in [5.74, 6) is 0.738. The van der Waals surface area contributed by atoms with Crippen molar-refractivity contribution in [1.82, 2.24) is 16.0 Å². The Balaban J connectivity index is 0.00000841. The van der Waals surface area contributed by atoms with E-state index < -0.39 is 11.7 Å². The number of ether oxygens (including phenoxy) is 3. The summed E-state index contributed by atoms with van der Waals surface area (Å²) in [7, 11) is 1.75. The molecule has 1 atom stereocenters. The molecule has 1 aliphatic heterocycles. The molecule has 0 aliphatic carbocycles. The highest BCUT2D eigenvalue weighted by atomic mass is 127. The number of carbonyl (C=O) groups is 1. The lowest BCUT2D eigenvalue weighted by Crippen LogP contribution is -2.50. The first-order valence-corrected chi connectivity index (χ1v) is 10.9. The fourth-order valence-electron chi connectivity index (χ4n) is 3.10.